The smallest absolute Gasteiger partial charge is 0.335 e. The molecule has 5 heterocycles. The number of aryl methyl sites for hydroxylation is 1. The van der Waals surface area contributed by atoms with Crippen LogP contribution >= 0.6 is 0 Å². The number of likely N-dealkylation sites (tertiary alicyclic amines) is 1. The lowest BCUT2D eigenvalue weighted by Gasteiger charge is -2.47. The zero-order chi connectivity index (χ0) is 29.0. The van der Waals surface area contributed by atoms with Crippen molar-refractivity contribution in [3.8, 4) is 11.5 Å². The van der Waals surface area contributed by atoms with Crippen LogP contribution < -0.4 is 25.2 Å². The normalized spacial score (nSPS) is 24.9. The van der Waals surface area contributed by atoms with Gasteiger partial charge in [0.25, 0.3) is 11.5 Å². The molecule has 4 amide bonds. The number of amides is 4. The maximum absolute atomic E-state index is 14.5. The monoisotopic (exact) mass is 568 g/mol. The Bertz CT molecular complexity index is 1650. The van der Waals surface area contributed by atoms with Crippen LogP contribution in [0, 0.1) is 11.3 Å². The Morgan fingerprint density at radius 3 is 2.50 bits per heavy atom. The van der Waals surface area contributed by atoms with E-state index in [1.54, 1.807) is 36.4 Å². The van der Waals surface area contributed by atoms with Gasteiger partial charge in [-0.25, -0.2) is 9.69 Å². The van der Waals surface area contributed by atoms with Crippen molar-refractivity contribution in [3.63, 3.8) is 0 Å². The number of hydrogen-bond donors (Lipinski definition) is 1. The van der Waals surface area contributed by atoms with Crippen LogP contribution in [0.4, 0.5) is 10.5 Å². The first-order valence-electron chi connectivity index (χ1n) is 14.4. The maximum Gasteiger partial charge on any atom is 0.335 e. The summed E-state index contributed by atoms with van der Waals surface area (Å²) in [6.07, 6.45) is 1.84. The highest BCUT2D eigenvalue weighted by Gasteiger charge is 2.56. The molecule has 2 aromatic carbocycles. The van der Waals surface area contributed by atoms with E-state index in [2.05, 4.69) is 10.2 Å². The first-order chi connectivity index (χ1) is 20.3. The molecule has 1 aromatic heterocycles. The number of fused-ring (bicyclic) bond motifs is 5. The number of rotatable bonds is 6. The van der Waals surface area contributed by atoms with Gasteiger partial charge in [0.2, 0.25) is 12.7 Å². The molecule has 4 aliphatic rings. The second-order valence-corrected chi connectivity index (χ2v) is 11.8. The summed E-state index contributed by atoms with van der Waals surface area (Å²) in [5.74, 6) is 0.325. The third-order valence-electron chi connectivity index (χ3n) is 9.07. The van der Waals surface area contributed by atoms with E-state index in [1.165, 1.54) is 0 Å². The molecule has 3 aromatic rings. The first-order valence-corrected chi connectivity index (χ1v) is 14.4. The molecule has 10 nitrogen and oxygen atoms in total. The molecule has 1 N–H and O–H groups in total. The third-order valence-corrected chi connectivity index (χ3v) is 9.07. The number of urea groups is 1. The number of pyridine rings is 1. The highest BCUT2D eigenvalue weighted by molar-refractivity contribution is 6.30. The van der Waals surface area contributed by atoms with Gasteiger partial charge in [0, 0.05) is 43.9 Å². The second kappa shape index (κ2) is 10.1. The number of anilines is 1. The van der Waals surface area contributed by atoms with Crippen LogP contribution in [0.2, 0.25) is 0 Å². The van der Waals surface area contributed by atoms with E-state index < -0.39 is 23.3 Å². The van der Waals surface area contributed by atoms with Gasteiger partial charge in [-0.1, -0.05) is 31.2 Å². The predicted molar refractivity (Wildman–Crippen MR) is 154 cm³/mol. The molecule has 0 aliphatic carbocycles. The van der Waals surface area contributed by atoms with Gasteiger partial charge in [-0.15, -0.1) is 0 Å². The number of carbonyl (C=O) groups is 3. The number of hydrogen-bond acceptors (Lipinski definition) is 7. The topological polar surface area (TPSA) is 110 Å². The molecule has 7 rings (SSSR count). The Labute approximate surface area is 242 Å². The number of ether oxygens (including phenoxy) is 2. The number of nitrogens with zero attached hydrogens (tertiary/aromatic N) is 3. The number of nitrogens with one attached hydrogen (secondary N) is 1. The number of carbonyl (C=O) groups excluding carboxylic acids is 3. The Morgan fingerprint density at radius 1 is 0.905 bits per heavy atom. The SMILES string of the molecule is CCc1ccc(N2C(=O)NC(=O)[C@@](Cc3ccc4c(c3)OCO4)(CN3C[C@@H]4C[C@@H](C3)c3cccc(=O)n3C4)C2=O)cc1. The van der Waals surface area contributed by atoms with E-state index in [0.29, 0.717) is 36.8 Å². The quantitative estimate of drug-likeness (QED) is 0.455. The van der Waals surface area contributed by atoms with Crippen LogP contribution in [0.3, 0.4) is 0 Å². The van der Waals surface area contributed by atoms with Crippen molar-refractivity contribution in [2.75, 3.05) is 31.3 Å². The molecule has 2 saturated heterocycles. The molecule has 0 radical (unpaired) electrons. The molecule has 0 saturated carbocycles. The van der Waals surface area contributed by atoms with E-state index in [1.807, 2.05) is 35.8 Å². The number of barbiturate groups is 1. The minimum absolute atomic E-state index is 0.00000951. The lowest BCUT2D eigenvalue weighted by molar-refractivity contribution is -0.144. The lowest BCUT2D eigenvalue weighted by atomic mass is 9.75. The van der Waals surface area contributed by atoms with E-state index in [-0.39, 0.29) is 37.2 Å². The fourth-order valence-corrected chi connectivity index (χ4v) is 7.05. The van der Waals surface area contributed by atoms with E-state index >= 15 is 0 Å². The predicted octanol–water partition coefficient (Wildman–Crippen LogP) is 3.07. The minimum atomic E-state index is -1.58. The van der Waals surface area contributed by atoms with Crippen molar-refractivity contribution in [2.45, 2.75) is 38.6 Å². The van der Waals surface area contributed by atoms with Crippen LogP contribution in [0.25, 0.3) is 0 Å². The molecule has 42 heavy (non-hydrogen) atoms. The van der Waals surface area contributed by atoms with Crippen molar-refractivity contribution in [1.29, 1.82) is 0 Å². The summed E-state index contributed by atoms with van der Waals surface area (Å²) < 4.78 is 12.9. The number of imide groups is 2. The number of benzene rings is 2. The summed E-state index contributed by atoms with van der Waals surface area (Å²) in [5.41, 5.74) is 1.63. The summed E-state index contributed by atoms with van der Waals surface area (Å²) in [7, 11) is 0. The number of aromatic nitrogens is 1. The number of piperidine rings is 1. The van der Waals surface area contributed by atoms with E-state index in [0.717, 1.165) is 34.6 Å². The van der Waals surface area contributed by atoms with Gasteiger partial charge in [0.15, 0.2) is 11.5 Å². The molecule has 2 bridgehead atoms. The Hall–Kier alpha value is -4.44. The fourth-order valence-electron chi connectivity index (χ4n) is 7.05. The largest absolute Gasteiger partial charge is 0.454 e. The molecular weight excluding hydrogens is 536 g/mol. The van der Waals surface area contributed by atoms with Crippen molar-refractivity contribution < 1.29 is 23.9 Å². The highest BCUT2D eigenvalue weighted by Crippen LogP contribution is 2.40. The van der Waals surface area contributed by atoms with Crippen LogP contribution in [-0.4, -0.2) is 53.7 Å². The molecular formula is C32H32N4O6. The van der Waals surface area contributed by atoms with Gasteiger partial charge >= 0.3 is 6.03 Å². The lowest BCUT2D eigenvalue weighted by Crippen LogP contribution is -2.68. The summed E-state index contributed by atoms with van der Waals surface area (Å²) in [6.45, 7) is 4.12. The zero-order valence-electron chi connectivity index (χ0n) is 23.4. The average Bonchev–Trinajstić information content (AvgIpc) is 3.45. The molecule has 4 aliphatic heterocycles. The molecule has 216 valence electrons. The molecule has 3 atom stereocenters. The summed E-state index contributed by atoms with van der Waals surface area (Å²) in [4.78, 5) is 57.4. The molecule has 0 spiro atoms. The van der Waals surface area contributed by atoms with Gasteiger partial charge in [-0.2, -0.15) is 0 Å². The molecule has 0 unspecified atom stereocenters. The van der Waals surface area contributed by atoms with Gasteiger partial charge in [-0.05, 0) is 66.6 Å². The van der Waals surface area contributed by atoms with Crippen LogP contribution in [-0.2, 0) is 29.0 Å². The van der Waals surface area contributed by atoms with Crippen molar-refractivity contribution in [1.82, 2.24) is 14.8 Å². The maximum atomic E-state index is 14.5. The standard InChI is InChI=1S/C32H32N4O6/c1-2-20-6-9-24(10-7-20)36-30(39)32(29(38)33-31(36)40,14-21-8-11-26-27(13-21)42-19-41-26)18-34-15-22-12-23(17-34)25-4-3-5-28(37)35(25)16-22/h3-11,13,22-23H,2,12,14-19H2,1H3,(H,33,38,40)/t22-,23-,32+/m0/s1. The third kappa shape index (κ3) is 4.37. The van der Waals surface area contributed by atoms with Crippen LogP contribution in [0.1, 0.15) is 36.1 Å². The van der Waals surface area contributed by atoms with E-state index in [9.17, 15) is 19.2 Å². The van der Waals surface area contributed by atoms with Gasteiger partial charge < -0.3 is 18.9 Å². The van der Waals surface area contributed by atoms with Gasteiger partial charge in [-0.3, -0.25) is 19.7 Å². The average molecular weight is 569 g/mol. The summed E-state index contributed by atoms with van der Waals surface area (Å²) in [5, 5.41) is 2.51. The Morgan fingerprint density at radius 2 is 1.69 bits per heavy atom. The van der Waals surface area contributed by atoms with Crippen LogP contribution in [0.15, 0.2) is 65.5 Å². The van der Waals surface area contributed by atoms with E-state index in [4.69, 9.17) is 9.47 Å². The molecule has 2 fully saturated rings. The minimum Gasteiger partial charge on any atom is -0.454 e. The fraction of sp³-hybridized carbons (Fsp3) is 0.375. The molecule has 10 heteroatoms. The zero-order valence-corrected chi connectivity index (χ0v) is 23.4. The first kappa shape index (κ1) is 26.5. The summed E-state index contributed by atoms with van der Waals surface area (Å²) in [6, 6.07) is 17.3. The van der Waals surface area contributed by atoms with Crippen molar-refractivity contribution in [3.05, 3.63) is 87.8 Å². The Kier molecular flexibility index (Phi) is 6.38. The van der Waals surface area contributed by atoms with Gasteiger partial charge in [0.1, 0.15) is 5.41 Å². The Balaban J connectivity index is 1.26. The summed E-state index contributed by atoms with van der Waals surface area (Å²) >= 11 is 0. The van der Waals surface area contributed by atoms with Crippen molar-refractivity contribution >= 4 is 23.5 Å². The van der Waals surface area contributed by atoms with Crippen LogP contribution in [0.5, 0.6) is 11.5 Å². The van der Waals surface area contributed by atoms with Crippen molar-refractivity contribution in [2.24, 2.45) is 11.3 Å². The highest BCUT2D eigenvalue weighted by atomic mass is 16.7. The second-order valence-electron chi connectivity index (χ2n) is 11.8. The van der Waals surface area contributed by atoms with Gasteiger partial charge in [0.05, 0.1) is 5.69 Å².